The fourth-order valence-electron chi connectivity index (χ4n) is 2.64. The first-order chi connectivity index (χ1) is 13.1. The molecular formula is C18H14N6O3. The number of carbonyl (C=O) groups excluding carboxylic acids is 1. The second-order valence-electron chi connectivity index (χ2n) is 5.83. The van der Waals surface area contributed by atoms with Gasteiger partial charge in [-0.25, -0.2) is 14.5 Å². The Labute approximate surface area is 151 Å². The Hall–Kier alpha value is -4.01. The predicted molar refractivity (Wildman–Crippen MR) is 97.7 cm³/mol. The highest BCUT2D eigenvalue weighted by Gasteiger charge is 2.10. The summed E-state index contributed by atoms with van der Waals surface area (Å²) in [6.07, 6.45) is 4.86. The molecular weight excluding hydrogens is 348 g/mol. The lowest BCUT2D eigenvalue weighted by Crippen LogP contribution is -2.25. The molecule has 0 radical (unpaired) electrons. The lowest BCUT2D eigenvalue weighted by Gasteiger charge is -2.07. The Morgan fingerprint density at radius 2 is 1.96 bits per heavy atom. The molecule has 0 aliphatic rings. The van der Waals surface area contributed by atoms with Gasteiger partial charge in [0.05, 0.1) is 16.6 Å². The zero-order valence-electron chi connectivity index (χ0n) is 14.0. The lowest BCUT2D eigenvalue weighted by molar-refractivity contribution is 0.0950. The number of rotatable bonds is 4. The number of pyridine rings is 1. The van der Waals surface area contributed by atoms with E-state index in [-0.39, 0.29) is 22.5 Å². The SMILES string of the molecule is O=C(NCc1ccc(-n2cccn2)cc1)c1cnc2[nH]c(=O)[nH]c(=O)c2c1. The Balaban J connectivity index is 1.48. The third-order valence-corrected chi connectivity index (χ3v) is 4.01. The van der Waals surface area contributed by atoms with Crippen LogP contribution >= 0.6 is 0 Å². The van der Waals surface area contributed by atoms with Gasteiger partial charge in [-0.05, 0) is 29.8 Å². The van der Waals surface area contributed by atoms with Crippen LogP contribution in [0.25, 0.3) is 16.7 Å². The molecule has 1 aromatic carbocycles. The van der Waals surface area contributed by atoms with Gasteiger partial charge in [0.15, 0.2) is 0 Å². The number of amides is 1. The molecule has 9 heteroatoms. The minimum atomic E-state index is -0.643. The zero-order chi connectivity index (χ0) is 18.8. The molecule has 0 saturated carbocycles. The van der Waals surface area contributed by atoms with Gasteiger partial charge >= 0.3 is 5.69 Å². The topological polar surface area (TPSA) is 126 Å². The van der Waals surface area contributed by atoms with Gasteiger partial charge in [-0.2, -0.15) is 5.10 Å². The molecule has 3 heterocycles. The second-order valence-corrected chi connectivity index (χ2v) is 5.83. The van der Waals surface area contributed by atoms with E-state index >= 15 is 0 Å². The van der Waals surface area contributed by atoms with Crippen LogP contribution in [0.4, 0.5) is 0 Å². The largest absolute Gasteiger partial charge is 0.348 e. The highest BCUT2D eigenvalue weighted by molar-refractivity contribution is 5.96. The van der Waals surface area contributed by atoms with Crippen LogP contribution in [0.5, 0.6) is 0 Å². The van der Waals surface area contributed by atoms with Crippen LogP contribution in [0, 0.1) is 0 Å². The molecule has 134 valence electrons. The summed E-state index contributed by atoms with van der Waals surface area (Å²) in [5.41, 5.74) is 0.959. The average Bonchev–Trinajstić information content (AvgIpc) is 3.21. The number of aromatic amines is 2. The molecule has 3 aromatic heterocycles. The number of fused-ring (bicyclic) bond motifs is 1. The molecule has 0 bridgehead atoms. The monoisotopic (exact) mass is 362 g/mol. The van der Waals surface area contributed by atoms with Gasteiger partial charge in [0.2, 0.25) is 0 Å². The minimum absolute atomic E-state index is 0.134. The van der Waals surface area contributed by atoms with E-state index in [1.54, 1.807) is 10.9 Å². The van der Waals surface area contributed by atoms with Crippen molar-refractivity contribution >= 4 is 16.9 Å². The number of hydrogen-bond acceptors (Lipinski definition) is 5. The Kier molecular flexibility index (Phi) is 4.09. The highest BCUT2D eigenvalue weighted by atomic mass is 16.2. The van der Waals surface area contributed by atoms with Gasteiger partial charge in [0.1, 0.15) is 5.65 Å². The van der Waals surface area contributed by atoms with E-state index in [2.05, 4.69) is 25.4 Å². The summed E-state index contributed by atoms with van der Waals surface area (Å²) in [4.78, 5) is 43.9. The molecule has 0 saturated heterocycles. The minimum Gasteiger partial charge on any atom is -0.348 e. The highest BCUT2D eigenvalue weighted by Crippen LogP contribution is 2.09. The number of hydrogen-bond donors (Lipinski definition) is 3. The Bertz CT molecular complexity index is 1220. The van der Waals surface area contributed by atoms with E-state index in [1.165, 1.54) is 12.3 Å². The first-order valence-electron chi connectivity index (χ1n) is 8.10. The lowest BCUT2D eigenvalue weighted by atomic mass is 10.2. The van der Waals surface area contributed by atoms with E-state index < -0.39 is 11.2 Å². The molecule has 0 aliphatic heterocycles. The van der Waals surface area contributed by atoms with Crippen molar-refractivity contribution in [1.82, 2.24) is 30.0 Å². The summed E-state index contributed by atoms with van der Waals surface area (Å²) >= 11 is 0. The molecule has 0 atom stereocenters. The van der Waals surface area contributed by atoms with Crippen molar-refractivity contribution in [3.05, 3.63) is 87.0 Å². The molecule has 1 amide bonds. The van der Waals surface area contributed by atoms with Gasteiger partial charge < -0.3 is 5.32 Å². The number of carbonyl (C=O) groups is 1. The summed E-state index contributed by atoms with van der Waals surface area (Å²) in [7, 11) is 0. The fourth-order valence-corrected chi connectivity index (χ4v) is 2.64. The molecule has 4 rings (SSSR count). The van der Waals surface area contributed by atoms with Crippen LogP contribution in [0.2, 0.25) is 0 Å². The van der Waals surface area contributed by atoms with Crippen molar-refractivity contribution < 1.29 is 4.79 Å². The van der Waals surface area contributed by atoms with Crippen molar-refractivity contribution in [3.8, 4) is 5.69 Å². The van der Waals surface area contributed by atoms with Gasteiger partial charge in [-0.15, -0.1) is 0 Å². The number of aromatic nitrogens is 5. The van der Waals surface area contributed by atoms with Gasteiger partial charge in [0, 0.05) is 25.1 Å². The van der Waals surface area contributed by atoms with E-state index in [9.17, 15) is 14.4 Å². The van der Waals surface area contributed by atoms with Crippen molar-refractivity contribution in [2.45, 2.75) is 6.54 Å². The maximum Gasteiger partial charge on any atom is 0.327 e. The molecule has 0 unspecified atom stereocenters. The second kappa shape index (κ2) is 6.71. The van der Waals surface area contributed by atoms with Crippen molar-refractivity contribution in [2.24, 2.45) is 0 Å². The van der Waals surface area contributed by atoms with E-state index in [1.807, 2.05) is 36.5 Å². The maximum absolute atomic E-state index is 12.3. The number of H-pyrrole nitrogens is 2. The maximum atomic E-state index is 12.3. The van der Waals surface area contributed by atoms with Crippen LogP contribution in [0.1, 0.15) is 15.9 Å². The van der Waals surface area contributed by atoms with E-state index in [0.29, 0.717) is 6.54 Å². The van der Waals surface area contributed by atoms with E-state index in [4.69, 9.17) is 0 Å². The van der Waals surface area contributed by atoms with Crippen LogP contribution in [-0.4, -0.2) is 30.6 Å². The first kappa shape index (κ1) is 16.5. The number of nitrogens with one attached hydrogen (secondary N) is 3. The van der Waals surface area contributed by atoms with Gasteiger partial charge in [0.25, 0.3) is 11.5 Å². The van der Waals surface area contributed by atoms with Crippen LogP contribution in [0.15, 0.2) is 64.6 Å². The smallest absolute Gasteiger partial charge is 0.327 e. The van der Waals surface area contributed by atoms with Crippen molar-refractivity contribution in [3.63, 3.8) is 0 Å². The third kappa shape index (κ3) is 3.38. The normalized spacial score (nSPS) is 10.8. The average molecular weight is 362 g/mol. The number of nitrogens with zero attached hydrogens (tertiary/aromatic N) is 3. The van der Waals surface area contributed by atoms with E-state index in [0.717, 1.165) is 11.3 Å². The Morgan fingerprint density at radius 3 is 2.70 bits per heavy atom. The molecule has 27 heavy (non-hydrogen) atoms. The molecule has 4 aromatic rings. The van der Waals surface area contributed by atoms with Gasteiger partial charge in [-0.1, -0.05) is 12.1 Å². The summed E-state index contributed by atoms with van der Waals surface area (Å²) < 4.78 is 1.74. The van der Waals surface area contributed by atoms with Crippen LogP contribution in [-0.2, 0) is 6.54 Å². The predicted octanol–water partition coefficient (Wildman–Crippen LogP) is 0.727. The Morgan fingerprint density at radius 1 is 1.15 bits per heavy atom. The molecule has 3 N–H and O–H groups in total. The third-order valence-electron chi connectivity index (χ3n) is 4.01. The summed E-state index contributed by atoms with van der Waals surface area (Å²) in [6.45, 7) is 0.318. The number of benzene rings is 1. The fraction of sp³-hybridized carbons (Fsp3) is 0.0556. The standard InChI is InChI=1S/C18H14N6O3/c25-16(12-8-14-15(19-10-12)22-18(27)23-17(14)26)20-9-11-2-4-13(5-3-11)24-7-1-6-21-24/h1-8,10H,9H2,(H,20,25)(H2,19,22,23,26,27). The molecule has 0 fully saturated rings. The molecule has 0 spiro atoms. The van der Waals surface area contributed by atoms with Crippen LogP contribution < -0.4 is 16.6 Å². The zero-order valence-corrected chi connectivity index (χ0v) is 14.0. The van der Waals surface area contributed by atoms with Crippen molar-refractivity contribution in [1.29, 1.82) is 0 Å². The summed E-state index contributed by atoms with van der Waals surface area (Å²) in [5.74, 6) is -0.369. The molecule has 0 aliphatic carbocycles. The quantitative estimate of drug-likeness (QED) is 0.493. The molecule has 9 nitrogen and oxygen atoms in total. The van der Waals surface area contributed by atoms with Gasteiger partial charge in [-0.3, -0.25) is 19.6 Å². The summed E-state index contributed by atoms with van der Waals surface area (Å²) in [6, 6.07) is 10.8. The first-order valence-corrected chi connectivity index (χ1v) is 8.10. The van der Waals surface area contributed by atoms with Crippen LogP contribution in [0.3, 0.4) is 0 Å². The van der Waals surface area contributed by atoms with Crippen molar-refractivity contribution in [2.75, 3.05) is 0 Å². The summed E-state index contributed by atoms with van der Waals surface area (Å²) in [5, 5.41) is 7.08.